The maximum Gasteiger partial charge on any atom is 0.268 e. The van der Waals surface area contributed by atoms with E-state index in [1.807, 2.05) is 12.1 Å². The minimum Gasteiger partial charge on any atom is -0.369 e. The van der Waals surface area contributed by atoms with Crippen LogP contribution in [-0.4, -0.2) is 24.1 Å². The van der Waals surface area contributed by atoms with Gasteiger partial charge >= 0.3 is 0 Å². The predicted octanol–water partition coefficient (Wildman–Crippen LogP) is 3.26. The summed E-state index contributed by atoms with van der Waals surface area (Å²) in [5.41, 5.74) is 9.81. The lowest BCUT2D eigenvalue weighted by molar-refractivity contribution is 0.589. The van der Waals surface area contributed by atoms with Gasteiger partial charge in [0.1, 0.15) is 0 Å². The summed E-state index contributed by atoms with van der Waals surface area (Å²) in [5, 5.41) is 12.4. The third kappa shape index (κ3) is 3.91. The number of nitrogens with zero attached hydrogens (tertiary/aromatic N) is 2. The highest BCUT2D eigenvalue weighted by Crippen LogP contribution is 2.27. The quantitative estimate of drug-likeness (QED) is 0.322. The molecule has 0 atom stereocenters. The Kier molecular flexibility index (Phi) is 5.79. The summed E-state index contributed by atoms with van der Waals surface area (Å²) in [6, 6.07) is 15.6. The molecule has 0 aliphatic carbocycles. The predicted molar refractivity (Wildman–Crippen MR) is 112 cm³/mol. The summed E-state index contributed by atoms with van der Waals surface area (Å²) < 4.78 is 27.7. The molecule has 0 saturated heterocycles. The standard InChI is InChI=1S/C20H23N5O2S/c1-2-3-12-18(23-24-20(21)22)17-14-25(19-13-8-7-11-16(17)19)28(26,27)15-9-5-4-6-10-15/h4-11,13-14H,2-3,12H2,1H3,(H4,21,22,24). The van der Waals surface area contributed by atoms with Crippen molar-refractivity contribution in [2.24, 2.45) is 10.8 Å². The molecule has 0 spiro atoms. The van der Waals surface area contributed by atoms with E-state index in [9.17, 15) is 8.42 Å². The van der Waals surface area contributed by atoms with Crippen LogP contribution in [0.15, 0.2) is 70.8 Å². The van der Waals surface area contributed by atoms with Gasteiger partial charge in [-0.3, -0.25) is 5.41 Å². The maximum absolute atomic E-state index is 13.2. The SMILES string of the molecule is CCCCC(=NNC(=N)N)c1cn(S(=O)(=O)c2ccccc2)c2ccccc12. The summed E-state index contributed by atoms with van der Waals surface area (Å²) >= 11 is 0. The van der Waals surface area contributed by atoms with Crippen molar-refractivity contribution in [2.45, 2.75) is 31.1 Å². The molecule has 0 aliphatic rings. The van der Waals surface area contributed by atoms with Gasteiger partial charge < -0.3 is 5.73 Å². The fourth-order valence-corrected chi connectivity index (χ4v) is 4.40. The number of hydrazone groups is 1. The van der Waals surface area contributed by atoms with Crippen molar-refractivity contribution in [2.75, 3.05) is 0 Å². The summed E-state index contributed by atoms with van der Waals surface area (Å²) in [4.78, 5) is 0.219. The van der Waals surface area contributed by atoms with Crippen molar-refractivity contribution >= 4 is 32.6 Å². The Hall–Kier alpha value is -3.13. The molecule has 4 N–H and O–H groups in total. The van der Waals surface area contributed by atoms with E-state index in [-0.39, 0.29) is 10.9 Å². The molecule has 3 aromatic rings. The second kappa shape index (κ2) is 8.26. The summed E-state index contributed by atoms with van der Waals surface area (Å²) in [6.07, 6.45) is 4.07. The van der Waals surface area contributed by atoms with Crippen molar-refractivity contribution in [1.82, 2.24) is 9.40 Å². The zero-order chi connectivity index (χ0) is 20.1. The van der Waals surface area contributed by atoms with Crippen molar-refractivity contribution in [3.05, 3.63) is 66.4 Å². The molecule has 0 aliphatic heterocycles. The molecular weight excluding hydrogens is 374 g/mol. The van der Waals surface area contributed by atoms with Crippen LogP contribution in [0.1, 0.15) is 31.7 Å². The number of guanidine groups is 1. The molecule has 1 heterocycles. The molecular formula is C20H23N5O2S. The molecule has 0 amide bonds. The highest BCUT2D eigenvalue weighted by molar-refractivity contribution is 7.90. The number of nitrogens with two attached hydrogens (primary N) is 1. The van der Waals surface area contributed by atoms with Crippen LogP contribution in [0.3, 0.4) is 0 Å². The number of fused-ring (bicyclic) bond motifs is 1. The highest BCUT2D eigenvalue weighted by Gasteiger charge is 2.22. The molecule has 8 heteroatoms. The second-order valence-electron chi connectivity index (χ2n) is 6.36. The third-order valence-electron chi connectivity index (χ3n) is 4.37. The molecule has 0 radical (unpaired) electrons. The molecule has 0 unspecified atom stereocenters. The van der Waals surface area contributed by atoms with Crippen molar-refractivity contribution in [1.29, 1.82) is 5.41 Å². The maximum atomic E-state index is 13.2. The molecule has 2 aromatic carbocycles. The van der Waals surface area contributed by atoms with Gasteiger partial charge in [0.2, 0.25) is 5.96 Å². The third-order valence-corrected chi connectivity index (χ3v) is 6.06. The van der Waals surface area contributed by atoms with Gasteiger partial charge in [-0.2, -0.15) is 5.10 Å². The Morgan fingerprint density at radius 3 is 2.50 bits per heavy atom. The second-order valence-corrected chi connectivity index (χ2v) is 8.18. The summed E-state index contributed by atoms with van der Waals surface area (Å²) in [6.45, 7) is 2.07. The van der Waals surface area contributed by atoms with Crippen LogP contribution in [0, 0.1) is 5.41 Å². The van der Waals surface area contributed by atoms with Gasteiger partial charge in [0.25, 0.3) is 10.0 Å². The van der Waals surface area contributed by atoms with Gasteiger partial charge in [-0.25, -0.2) is 17.8 Å². The molecule has 7 nitrogen and oxygen atoms in total. The molecule has 0 saturated carbocycles. The fraction of sp³-hybridized carbons (Fsp3) is 0.200. The van der Waals surface area contributed by atoms with Gasteiger partial charge in [-0.15, -0.1) is 0 Å². The number of rotatable bonds is 7. The number of unbranched alkanes of at least 4 members (excludes halogenated alkanes) is 1. The lowest BCUT2D eigenvalue weighted by Gasteiger charge is -2.07. The highest BCUT2D eigenvalue weighted by atomic mass is 32.2. The first-order chi connectivity index (χ1) is 13.4. The Labute approximate surface area is 164 Å². The first-order valence-electron chi connectivity index (χ1n) is 9.03. The van der Waals surface area contributed by atoms with Crippen LogP contribution < -0.4 is 11.2 Å². The van der Waals surface area contributed by atoms with E-state index in [1.54, 1.807) is 48.7 Å². The van der Waals surface area contributed by atoms with Crippen molar-refractivity contribution in [3.63, 3.8) is 0 Å². The normalized spacial score (nSPS) is 12.2. The first-order valence-corrected chi connectivity index (χ1v) is 10.5. The Bertz CT molecular complexity index is 1120. The minimum atomic E-state index is -3.76. The van der Waals surface area contributed by atoms with Gasteiger partial charge in [0.15, 0.2) is 0 Å². The number of nitrogens with one attached hydrogen (secondary N) is 2. The van der Waals surface area contributed by atoms with Crippen molar-refractivity contribution in [3.8, 4) is 0 Å². The zero-order valence-electron chi connectivity index (χ0n) is 15.6. The van der Waals surface area contributed by atoms with Crippen LogP contribution in [0.2, 0.25) is 0 Å². The lowest BCUT2D eigenvalue weighted by atomic mass is 10.0. The summed E-state index contributed by atoms with van der Waals surface area (Å²) in [5.74, 6) is -0.269. The lowest BCUT2D eigenvalue weighted by Crippen LogP contribution is -2.27. The number of para-hydroxylation sites is 1. The largest absolute Gasteiger partial charge is 0.369 e. The smallest absolute Gasteiger partial charge is 0.268 e. The number of hydrogen-bond acceptors (Lipinski definition) is 4. The molecule has 3 rings (SSSR count). The van der Waals surface area contributed by atoms with Crippen LogP contribution in [-0.2, 0) is 10.0 Å². The first kappa shape index (κ1) is 19.6. The van der Waals surface area contributed by atoms with Crippen LogP contribution in [0.5, 0.6) is 0 Å². The van der Waals surface area contributed by atoms with E-state index in [0.29, 0.717) is 23.2 Å². The molecule has 0 fully saturated rings. The Morgan fingerprint density at radius 2 is 1.82 bits per heavy atom. The van der Waals surface area contributed by atoms with E-state index in [2.05, 4.69) is 17.5 Å². The summed E-state index contributed by atoms with van der Waals surface area (Å²) in [7, 11) is -3.76. The van der Waals surface area contributed by atoms with Crippen LogP contribution in [0.25, 0.3) is 10.9 Å². The molecule has 28 heavy (non-hydrogen) atoms. The van der Waals surface area contributed by atoms with Gasteiger partial charge in [-0.1, -0.05) is 49.7 Å². The molecule has 1 aromatic heterocycles. The average molecular weight is 398 g/mol. The fourth-order valence-electron chi connectivity index (χ4n) is 3.01. The molecule has 146 valence electrons. The molecule has 0 bridgehead atoms. The van der Waals surface area contributed by atoms with E-state index < -0.39 is 10.0 Å². The van der Waals surface area contributed by atoms with E-state index in [1.165, 1.54) is 3.97 Å². The average Bonchev–Trinajstić information content (AvgIpc) is 3.09. The van der Waals surface area contributed by atoms with E-state index in [0.717, 1.165) is 18.2 Å². The van der Waals surface area contributed by atoms with Gasteiger partial charge in [0.05, 0.1) is 16.1 Å². The number of aromatic nitrogens is 1. The topological polar surface area (TPSA) is 113 Å². The monoisotopic (exact) mass is 397 g/mol. The Morgan fingerprint density at radius 1 is 1.14 bits per heavy atom. The van der Waals surface area contributed by atoms with Gasteiger partial charge in [-0.05, 0) is 31.0 Å². The van der Waals surface area contributed by atoms with Crippen LogP contribution >= 0.6 is 0 Å². The van der Waals surface area contributed by atoms with Gasteiger partial charge in [0, 0.05) is 17.1 Å². The van der Waals surface area contributed by atoms with E-state index in [4.69, 9.17) is 11.1 Å². The zero-order valence-corrected chi connectivity index (χ0v) is 16.4. The van der Waals surface area contributed by atoms with Crippen LogP contribution in [0.4, 0.5) is 0 Å². The van der Waals surface area contributed by atoms with Crippen molar-refractivity contribution < 1.29 is 8.42 Å². The Balaban J connectivity index is 2.20. The minimum absolute atomic E-state index is 0.219. The number of hydrogen-bond donors (Lipinski definition) is 3. The van der Waals surface area contributed by atoms with E-state index >= 15 is 0 Å². The number of benzene rings is 2.